The second-order valence-corrected chi connectivity index (χ2v) is 6.37. The van der Waals surface area contributed by atoms with Gasteiger partial charge in [-0.1, -0.05) is 47.8 Å². The quantitative estimate of drug-likeness (QED) is 0.221. The van der Waals surface area contributed by atoms with Crippen molar-refractivity contribution >= 4 is 15.9 Å². The third-order valence-corrected chi connectivity index (χ3v) is 3.73. The molecule has 0 atom stereocenters. The highest BCUT2D eigenvalue weighted by Gasteiger charge is 2.06. The number of hydrogen-bond acceptors (Lipinski definition) is 3. The van der Waals surface area contributed by atoms with Crippen LogP contribution in [0.25, 0.3) is 0 Å². The van der Waals surface area contributed by atoms with Gasteiger partial charge in [-0.25, -0.2) is 0 Å². The summed E-state index contributed by atoms with van der Waals surface area (Å²) in [5.74, 6) is 4.03. The van der Waals surface area contributed by atoms with Crippen LogP contribution in [0.1, 0.15) is 31.7 Å². The number of hydrogen-bond donors (Lipinski definition) is 1. The lowest BCUT2D eigenvalue weighted by molar-refractivity contribution is 0.219. The summed E-state index contributed by atoms with van der Waals surface area (Å²) in [6, 6.07) is 5.70. The molecule has 25 heavy (non-hydrogen) atoms. The van der Waals surface area contributed by atoms with E-state index in [1.54, 1.807) is 6.08 Å². The van der Waals surface area contributed by atoms with Gasteiger partial charge in [0.25, 0.3) is 0 Å². The van der Waals surface area contributed by atoms with Gasteiger partial charge in [0.2, 0.25) is 0 Å². The first-order chi connectivity index (χ1) is 12.1. The van der Waals surface area contributed by atoms with E-state index in [0.717, 1.165) is 28.6 Å². The molecule has 0 aliphatic rings. The highest BCUT2D eigenvalue weighted by molar-refractivity contribution is 9.10. The molecule has 0 fully saturated rings. The van der Waals surface area contributed by atoms with Gasteiger partial charge < -0.3 is 14.6 Å². The molecular weight excluding hydrogens is 380 g/mol. The largest absolute Gasteiger partial charge is 0.513 e. The summed E-state index contributed by atoms with van der Waals surface area (Å²) in [5, 5.41) is 9.42. The van der Waals surface area contributed by atoms with Crippen molar-refractivity contribution in [1.82, 2.24) is 0 Å². The van der Waals surface area contributed by atoms with Crippen molar-refractivity contribution in [1.29, 1.82) is 0 Å². The van der Waals surface area contributed by atoms with E-state index in [-0.39, 0.29) is 5.76 Å². The Morgan fingerprint density at radius 2 is 2.20 bits per heavy atom. The van der Waals surface area contributed by atoms with Gasteiger partial charge in [-0.15, -0.1) is 6.42 Å². The van der Waals surface area contributed by atoms with Crippen molar-refractivity contribution in [3.8, 4) is 18.1 Å². The van der Waals surface area contributed by atoms with Crippen molar-refractivity contribution in [2.45, 2.75) is 32.6 Å². The van der Waals surface area contributed by atoms with Crippen LogP contribution in [0.2, 0.25) is 0 Å². The highest BCUT2D eigenvalue weighted by Crippen LogP contribution is 2.25. The SMILES string of the molecule is C#C/C=C(\C=C/CCOc1ccc(Br)cc1CC(=C)O)OCCCC. The van der Waals surface area contributed by atoms with Crippen LogP contribution >= 0.6 is 15.9 Å². The standard InChI is InChI=1S/C21H25BrO3/c1-4-6-13-24-20(9-5-2)10-7-8-14-25-21-12-11-19(22)16-18(21)15-17(3)23/h2,7,9-12,16,23H,3-4,6,8,13-15H2,1H3/b10-7-,20-9+. The third-order valence-electron chi connectivity index (χ3n) is 3.23. The Kier molecular flexibility index (Phi) is 10.3. The molecule has 0 aliphatic heterocycles. The molecule has 1 aromatic carbocycles. The predicted molar refractivity (Wildman–Crippen MR) is 107 cm³/mol. The van der Waals surface area contributed by atoms with E-state index in [9.17, 15) is 5.11 Å². The number of benzene rings is 1. The first kappa shape index (κ1) is 20.9. The summed E-state index contributed by atoms with van der Waals surface area (Å²) < 4.78 is 12.4. The molecule has 0 saturated heterocycles. The van der Waals surface area contributed by atoms with Crippen molar-refractivity contribution in [3.05, 3.63) is 64.6 Å². The fraction of sp³-hybridized carbons (Fsp3) is 0.333. The van der Waals surface area contributed by atoms with Crippen LogP contribution in [-0.4, -0.2) is 18.3 Å². The molecule has 4 heteroatoms. The summed E-state index contributed by atoms with van der Waals surface area (Å²) in [7, 11) is 0. The van der Waals surface area contributed by atoms with E-state index in [0.29, 0.717) is 31.8 Å². The van der Waals surface area contributed by atoms with Crippen LogP contribution in [-0.2, 0) is 11.2 Å². The number of allylic oxidation sites excluding steroid dienone is 3. The molecule has 3 nitrogen and oxygen atoms in total. The number of halogens is 1. The van der Waals surface area contributed by atoms with Crippen LogP contribution in [0.5, 0.6) is 5.75 Å². The second-order valence-electron chi connectivity index (χ2n) is 5.45. The molecule has 1 rings (SSSR count). The summed E-state index contributed by atoms with van der Waals surface area (Å²) >= 11 is 3.42. The zero-order valence-corrected chi connectivity index (χ0v) is 16.2. The van der Waals surface area contributed by atoms with E-state index in [2.05, 4.69) is 35.4 Å². The molecule has 1 N–H and O–H groups in total. The monoisotopic (exact) mass is 404 g/mol. The summed E-state index contributed by atoms with van der Waals surface area (Å²) in [5.41, 5.74) is 0.890. The molecule has 0 saturated carbocycles. The molecule has 0 amide bonds. The van der Waals surface area contributed by atoms with Gasteiger partial charge >= 0.3 is 0 Å². The number of terminal acetylenes is 1. The lowest BCUT2D eigenvalue weighted by Crippen LogP contribution is -2.00. The molecule has 0 aromatic heterocycles. The fourth-order valence-electron chi connectivity index (χ4n) is 2.04. The number of aliphatic hydroxyl groups excluding tert-OH is 1. The average molecular weight is 405 g/mol. The number of rotatable bonds is 11. The van der Waals surface area contributed by atoms with Crippen LogP contribution < -0.4 is 4.74 Å². The van der Waals surface area contributed by atoms with Gasteiger partial charge in [-0.05, 0) is 37.1 Å². The van der Waals surface area contributed by atoms with Gasteiger partial charge in [0.15, 0.2) is 0 Å². The molecule has 0 bridgehead atoms. The fourth-order valence-corrected chi connectivity index (χ4v) is 2.45. The van der Waals surface area contributed by atoms with Crippen molar-refractivity contribution in [2.75, 3.05) is 13.2 Å². The molecule has 0 radical (unpaired) electrons. The molecular formula is C21H25BrO3. The Balaban J connectivity index is 2.53. The van der Waals surface area contributed by atoms with Gasteiger partial charge in [0, 0.05) is 22.5 Å². The predicted octanol–water partition coefficient (Wildman–Crippen LogP) is 5.72. The van der Waals surface area contributed by atoms with Crippen molar-refractivity contribution in [3.63, 3.8) is 0 Å². The molecule has 0 spiro atoms. The summed E-state index contributed by atoms with van der Waals surface area (Å²) in [4.78, 5) is 0. The van der Waals surface area contributed by atoms with Crippen LogP contribution in [0, 0.1) is 12.3 Å². The molecule has 0 aliphatic carbocycles. The maximum absolute atomic E-state index is 9.42. The molecule has 0 unspecified atom stereocenters. The van der Waals surface area contributed by atoms with Crippen molar-refractivity contribution in [2.24, 2.45) is 0 Å². The molecule has 1 aromatic rings. The Labute approximate surface area is 159 Å². The minimum absolute atomic E-state index is 0.108. The van der Waals surface area contributed by atoms with Gasteiger partial charge in [0.05, 0.1) is 19.0 Å². The lowest BCUT2D eigenvalue weighted by Gasteiger charge is -2.11. The smallest absolute Gasteiger partial charge is 0.127 e. The van der Waals surface area contributed by atoms with Crippen molar-refractivity contribution < 1.29 is 14.6 Å². The van der Waals surface area contributed by atoms with Gasteiger partial charge in [-0.2, -0.15) is 0 Å². The third kappa shape index (κ3) is 9.07. The topological polar surface area (TPSA) is 38.7 Å². The highest BCUT2D eigenvalue weighted by atomic mass is 79.9. The first-order valence-corrected chi connectivity index (χ1v) is 9.09. The molecule has 0 heterocycles. The van der Waals surface area contributed by atoms with Crippen LogP contribution in [0.4, 0.5) is 0 Å². The number of aliphatic hydroxyl groups is 1. The van der Waals surface area contributed by atoms with Gasteiger partial charge in [0.1, 0.15) is 11.5 Å². The van der Waals surface area contributed by atoms with E-state index in [1.807, 2.05) is 30.4 Å². The van der Waals surface area contributed by atoms with E-state index >= 15 is 0 Å². The maximum Gasteiger partial charge on any atom is 0.127 e. The van der Waals surface area contributed by atoms with E-state index < -0.39 is 0 Å². The minimum Gasteiger partial charge on any atom is -0.513 e. The maximum atomic E-state index is 9.42. The van der Waals surface area contributed by atoms with E-state index in [1.165, 1.54) is 0 Å². The second kappa shape index (κ2) is 12.3. The Hall–Kier alpha value is -2.12. The average Bonchev–Trinajstić information content (AvgIpc) is 2.56. The van der Waals surface area contributed by atoms with Crippen LogP contribution in [0.15, 0.2) is 59.0 Å². The zero-order valence-electron chi connectivity index (χ0n) is 14.6. The number of ether oxygens (including phenoxy) is 2. The normalized spacial score (nSPS) is 11.3. The Morgan fingerprint density at radius 1 is 1.40 bits per heavy atom. The summed E-state index contributed by atoms with van der Waals surface area (Å²) in [6.07, 6.45) is 13.9. The molecule has 134 valence electrons. The zero-order chi connectivity index (χ0) is 18.5. The Morgan fingerprint density at radius 3 is 2.88 bits per heavy atom. The van der Waals surface area contributed by atoms with Crippen LogP contribution in [0.3, 0.4) is 0 Å². The van der Waals surface area contributed by atoms with Gasteiger partial charge in [-0.3, -0.25) is 0 Å². The van der Waals surface area contributed by atoms with E-state index in [4.69, 9.17) is 15.9 Å². The minimum atomic E-state index is 0.108. The lowest BCUT2D eigenvalue weighted by atomic mass is 10.1. The Bertz CT molecular complexity index is 654. The first-order valence-electron chi connectivity index (χ1n) is 8.30. The number of unbranched alkanes of at least 4 members (excludes halogenated alkanes) is 1. The summed E-state index contributed by atoms with van der Waals surface area (Å²) in [6.45, 7) is 6.83.